The van der Waals surface area contributed by atoms with Crippen molar-refractivity contribution in [3.05, 3.63) is 30.0 Å². The molecule has 1 amide bonds. The van der Waals surface area contributed by atoms with Crippen LogP contribution < -0.4 is 16.8 Å². The third-order valence-corrected chi connectivity index (χ3v) is 3.32. The molecule has 22 heavy (non-hydrogen) atoms. The van der Waals surface area contributed by atoms with Crippen LogP contribution in [0.5, 0.6) is 0 Å². The van der Waals surface area contributed by atoms with Gasteiger partial charge in [0, 0.05) is 28.6 Å². The minimum Gasteiger partial charge on any atom is -0.480 e. The number of pyridine rings is 1. The Morgan fingerprint density at radius 2 is 2.09 bits per heavy atom. The fraction of sp³-hybridized carbons (Fsp3) is 0.267. The minimum atomic E-state index is -1.07. The number of carboxylic acids is 1. The molecule has 1 heterocycles. The van der Waals surface area contributed by atoms with Crippen molar-refractivity contribution >= 4 is 34.2 Å². The van der Waals surface area contributed by atoms with Crippen LogP contribution in [-0.4, -0.2) is 28.0 Å². The van der Waals surface area contributed by atoms with E-state index < -0.39 is 17.9 Å². The summed E-state index contributed by atoms with van der Waals surface area (Å²) in [7, 11) is 0. The van der Waals surface area contributed by atoms with E-state index in [-0.39, 0.29) is 12.8 Å². The van der Waals surface area contributed by atoms with E-state index in [1.165, 1.54) is 0 Å². The Kier molecular flexibility index (Phi) is 4.45. The van der Waals surface area contributed by atoms with E-state index >= 15 is 0 Å². The number of hydrogen-bond acceptors (Lipinski definition) is 5. The van der Waals surface area contributed by atoms with Gasteiger partial charge >= 0.3 is 5.97 Å². The number of fused-ring (bicyclic) bond motifs is 1. The lowest BCUT2D eigenvalue weighted by atomic mass is 10.1. The number of amides is 1. The molecule has 0 spiro atoms. The first-order valence-electron chi connectivity index (χ1n) is 6.82. The van der Waals surface area contributed by atoms with Crippen LogP contribution in [0.4, 0.5) is 11.5 Å². The number of aliphatic carboxylic acids is 1. The number of carbonyl (C=O) groups is 2. The Balaban J connectivity index is 2.38. The smallest absolute Gasteiger partial charge is 0.326 e. The predicted octanol–water partition coefficient (Wildman–Crippen LogP) is 1.26. The Morgan fingerprint density at radius 3 is 2.73 bits per heavy atom. The monoisotopic (exact) mass is 302 g/mol. The summed E-state index contributed by atoms with van der Waals surface area (Å²) in [5, 5.41) is 13.7. The van der Waals surface area contributed by atoms with Crippen molar-refractivity contribution in [3.63, 3.8) is 0 Å². The first kappa shape index (κ1) is 15.6. The van der Waals surface area contributed by atoms with Crippen LogP contribution in [0.15, 0.2) is 24.3 Å². The average molecular weight is 302 g/mol. The van der Waals surface area contributed by atoms with Gasteiger partial charge in [0.05, 0.1) is 0 Å². The van der Waals surface area contributed by atoms with Gasteiger partial charge in [0.1, 0.15) is 11.9 Å². The van der Waals surface area contributed by atoms with Crippen LogP contribution in [0, 0.1) is 6.92 Å². The zero-order valence-electron chi connectivity index (χ0n) is 12.2. The summed E-state index contributed by atoms with van der Waals surface area (Å²) in [6, 6.07) is 6.25. The van der Waals surface area contributed by atoms with Crippen LogP contribution in [0.25, 0.3) is 10.8 Å². The lowest BCUT2D eigenvalue weighted by molar-refractivity contribution is -0.138. The molecule has 0 bridgehead atoms. The van der Waals surface area contributed by atoms with E-state index in [9.17, 15) is 14.7 Å². The van der Waals surface area contributed by atoms with Gasteiger partial charge in [0.15, 0.2) is 0 Å². The molecule has 0 aliphatic heterocycles. The molecule has 7 heteroatoms. The molecule has 116 valence electrons. The third-order valence-electron chi connectivity index (χ3n) is 3.32. The molecule has 1 unspecified atom stereocenters. The Labute approximate surface area is 127 Å². The molecule has 6 N–H and O–H groups in total. The fourth-order valence-electron chi connectivity index (χ4n) is 2.25. The van der Waals surface area contributed by atoms with Crippen LogP contribution in [0.3, 0.4) is 0 Å². The Morgan fingerprint density at radius 1 is 1.36 bits per heavy atom. The van der Waals surface area contributed by atoms with E-state index in [1.807, 2.05) is 12.1 Å². The molecule has 1 atom stereocenters. The standard InChI is InChI=1S/C15H18N4O3/c1-8-7-10-9(3-2-4-11(10)16)14(18-8)19-12(15(21)22)5-6-13(17)20/h2-4,7,12H,5-6,16H2,1H3,(H2,17,20)(H,18,19)(H,21,22). The van der Waals surface area contributed by atoms with Gasteiger partial charge in [0.25, 0.3) is 0 Å². The number of hydrogen-bond donors (Lipinski definition) is 4. The number of carbonyl (C=O) groups excluding carboxylic acids is 1. The SMILES string of the molecule is Cc1cc2c(N)cccc2c(NC(CCC(N)=O)C(=O)O)n1. The van der Waals surface area contributed by atoms with Gasteiger partial charge in [-0.3, -0.25) is 4.79 Å². The molecule has 1 aromatic carbocycles. The summed E-state index contributed by atoms with van der Waals surface area (Å²) in [5.41, 5.74) is 12.3. The second-order valence-corrected chi connectivity index (χ2v) is 5.09. The van der Waals surface area contributed by atoms with E-state index in [1.54, 1.807) is 19.1 Å². The normalized spacial score (nSPS) is 12.0. The number of benzene rings is 1. The molecule has 0 radical (unpaired) electrons. The highest BCUT2D eigenvalue weighted by molar-refractivity contribution is 6.00. The highest BCUT2D eigenvalue weighted by atomic mass is 16.4. The van der Waals surface area contributed by atoms with Crippen LogP contribution in [0.2, 0.25) is 0 Å². The van der Waals surface area contributed by atoms with Crippen molar-refractivity contribution in [1.29, 1.82) is 0 Å². The first-order chi connectivity index (χ1) is 10.4. The number of anilines is 2. The number of rotatable bonds is 6. The van der Waals surface area contributed by atoms with E-state index in [0.29, 0.717) is 17.2 Å². The number of nitrogens with one attached hydrogen (secondary N) is 1. The summed E-state index contributed by atoms with van der Waals surface area (Å²) < 4.78 is 0. The molecule has 0 aliphatic carbocycles. The Hall–Kier alpha value is -2.83. The number of nitrogen functional groups attached to an aromatic ring is 1. The Bertz CT molecular complexity index is 730. The topological polar surface area (TPSA) is 131 Å². The highest BCUT2D eigenvalue weighted by Gasteiger charge is 2.20. The molecular weight excluding hydrogens is 284 g/mol. The molecular formula is C15H18N4O3. The van der Waals surface area contributed by atoms with Crippen molar-refractivity contribution in [1.82, 2.24) is 4.98 Å². The van der Waals surface area contributed by atoms with Gasteiger partial charge in [-0.1, -0.05) is 12.1 Å². The van der Waals surface area contributed by atoms with E-state index in [0.717, 1.165) is 10.8 Å². The quantitative estimate of drug-likeness (QED) is 0.594. The lowest BCUT2D eigenvalue weighted by Gasteiger charge is -2.17. The second kappa shape index (κ2) is 6.30. The van der Waals surface area contributed by atoms with Crippen molar-refractivity contribution in [3.8, 4) is 0 Å². The lowest BCUT2D eigenvalue weighted by Crippen LogP contribution is -2.31. The number of carboxylic acid groups (broad SMARTS) is 1. The number of aryl methyl sites for hydroxylation is 1. The maximum atomic E-state index is 11.3. The molecule has 0 saturated heterocycles. The van der Waals surface area contributed by atoms with Gasteiger partial charge in [-0.25, -0.2) is 9.78 Å². The summed E-state index contributed by atoms with van der Waals surface area (Å²) in [6.45, 7) is 1.80. The summed E-state index contributed by atoms with van der Waals surface area (Å²) in [4.78, 5) is 26.5. The van der Waals surface area contributed by atoms with Crippen molar-refractivity contribution in [2.45, 2.75) is 25.8 Å². The zero-order chi connectivity index (χ0) is 16.3. The average Bonchev–Trinajstić information content (AvgIpc) is 2.43. The van der Waals surface area contributed by atoms with Crippen LogP contribution in [0.1, 0.15) is 18.5 Å². The van der Waals surface area contributed by atoms with Crippen LogP contribution >= 0.6 is 0 Å². The van der Waals surface area contributed by atoms with Gasteiger partial charge in [-0.15, -0.1) is 0 Å². The molecule has 1 aromatic heterocycles. The third kappa shape index (κ3) is 3.43. The number of primary amides is 1. The van der Waals surface area contributed by atoms with Crippen molar-refractivity contribution < 1.29 is 14.7 Å². The molecule has 0 fully saturated rings. The van der Waals surface area contributed by atoms with Crippen LogP contribution in [-0.2, 0) is 9.59 Å². The van der Waals surface area contributed by atoms with E-state index in [4.69, 9.17) is 11.5 Å². The van der Waals surface area contributed by atoms with Gasteiger partial charge in [-0.05, 0) is 25.5 Å². The molecule has 2 rings (SSSR count). The number of aromatic nitrogens is 1. The highest BCUT2D eigenvalue weighted by Crippen LogP contribution is 2.27. The first-order valence-corrected chi connectivity index (χ1v) is 6.82. The molecule has 7 nitrogen and oxygen atoms in total. The summed E-state index contributed by atoms with van der Waals surface area (Å²) in [5.74, 6) is -1.18. The number of nitrogens with zero attached hydrogens (tertiary/aromatic N) is 1. The minimum absolute atomic E-state index is 0.0180. The maximum Gasteiger partial charge on any atom is 0.326 e. The maximum absolute atomic E-state index is 11.3. The van der Waals surface area contributed by atoms with Gasteiger partial charge in [0.2, 0.25) is 5.91 Å². The summed E-state index contributed by atoms with van der Waals surface area (Å²) >= 11 is 0. The summed E-state index contributed by atoms with van der Waals surface area (Å²) in [6.07, 6.45) is 0.0694. The van der Waals surface area contributed by atoms with Crippen molar-refractivity contribution in [2.24, 2.45) is 5.73 Å². The largest absolute Gasteiger partial charge is 0.480 e. The fourth-order valence-corrected chi connectivity index (χ4v) is 2.25. The second-order valence-electron chi connectivity index (χ2n) is 5.09. The van der Waals surface area contributed by atoms with Gasteiger partial charge in [-0.2, -0.15) is 0 Å². The molecule has 0 saturated carbocycles. The molecule has 2 aromatic rings. The zero-order valence-corrected chi connectivity index (χ0v) is 12.2. The number of nitrogens with two attached hydrogens (primary N) is 2. The van der Waals surface area contributed by atoms with E-state index in [2.05, 4.69) is 10.3 Å². The van der Waals surface area contributed by atoms with Gasteiger partial charge < -0.3 is 21.9 Å². The predicted molar refractivity (Wildman–Crippen MR) is 84.4 cm³/mol. The molecule has 0 aliphatic rings. The van der Waals surface area contributed by atoms with Crippen molar-refractivity contribution in [2.75, 3.05) is 11.1 Å².